The number of carbonyl (C=O) groups is 2. The van der Waals surface area contributed by atoms with Gasteiger partial charge in [-0.15, -0.1) is 11.3 Å². The molecule has 0 amide bonds. The first-order valence-corrected chi connectivity index (χ1v) is 13.0. The van der Waals surface area contributed by atoms with Crippen molar-refractivity contribution < 1.29 is 24.0 Å². The topological polar surface area (TPSA) is 133 Å². The first-order chi connectivity index (χ1) is 16.9. The van der Waals surface area contributed by atoms with Gasteiger partial charge in [-0.2, -0.15) is 0 Å². The first kappa shape index (κ1) is 26.5. The highest BCUT2D eigenvalue weighted by molar-refractivity contribution is 9.09. The summed E-state index contributed by atoms with van der Waals surface area (Å²) in [6.07, 6.45) is 0.514. The molecule has 1 aromatic heterocycles. The fourth-order valence-corrected chi connectivity index (χ4v) is 4.93. The Morgan fingerprint density at radius 2 is 1.94 bits per heavy atom. The number of hydrogen-bond acceptors (Lipinski definition) is 10. The molecular formula is C23H25BrN4O6S. The van der Waals surface area contributed by atoms with E-state index in [0.29, 0.717) is 28.7 Å². The fourth-order valence-electron chi connectivity index (χ4n) is 3.66. The van der Waals surface area contributed by atoms with Gasteiger partial charge in [-0.1, -0.05) is 35.0 Å². The molecule has 12 heteroatoms. The molecule has 1 aromatic carbocycles. The normalized spacial score (nSPS) is 16.2. The van der Waals surface area contributed by atoms with Crippen molar-refractivity contribution >= 4 is 50.7 Å². The number of para-hydroxylation sites is 1. The number of aromatic nitrogens is 1. The summed E-state index contributed by atoms with van der Waals surface area (Å²) in [4.78, 5) is 45.8. The Bertz CT molecular complexity index is 1180. The number of allylic oxidation sites excluding steroid dienone is 1. The van der Waals surface area contributed by atoms with Crippen molar-refractivity contribution in [2.45, 2.75) is 39.2 Å². The summed E-state index contributed by atoms with van der Waals surface area (Å²) in [5.41, 5.74) is 1.29. The Morgan fingerprint density at radius 1 is 1.23 bits per heavy atom. The van der Waals surface area contributed by atoms with E-state index in [1.54, 1.807) is 37.4 Å². The van der Waals surface area contributed by atoms with Gasteiger partial charge in [-0.05, 0) is 26.3 Å². The largest absolute Gasteiger partial charge is 0.465 e. The van der Waals surface area contributed by atoms with Gasteiger partial charge in [0.05, 0.1) is 40.9 Å². The molecule has 0 spiro atoms. The van der Waals surface area contributed by atoms with E-state index in [2.05, 4.69) is 31.2 Å². The maximum Gasteiger partial charge on any atom is 0.338 e. The van der Waals surface area contributed by atoms with E-state index >= 15 is 0 Å². The summed E-state index contributed by atoms with van der Waals surface area (Å²) >= 11 is 4.67. The zero-order valence-corrected chi connectivity index (χ0v) is 21.8. The van der Waals surface area contributed by atoms with Gasteiger partial charge in [0.25, 0.3) is 5.69 Å². The quantitative estimate of drug-likeness (QED) is 0.194. The molecule has 0 aliphatic carbocycles. The number of benzene rings is 1. The molecule has 10 nitrogen and oxygen atoms in total. The summed E-state index contributed by atoms with van der Waals surface area (Å²) < 4.78 is 10.4. The number of ether oxygens (including phenoxy) is 2. The number of hydrogen-bond donors (Lipinski definition) is 1. The number of nitro groups is 1. The lowest BCUT2D eigenvalue weighted by atomic mass is 9.94. The molecule has 35 heavy (non-hydrogen) atoms. The van der Waals surface area contributed by atoms with Crippen LogP contribution in [0.2, 0.25) is 0 Å². The monoisotopic (exact) mass is 564 g/mol. The molecule has 2 heterocycles. The van der Waals surface area contributed by atoms with Gasteiger partial charge in [0.1, 0.15) is 6.04 Å². The third kappa shape index (κ3) is 5.76. The molecule has 2 aromatic rings. The second-order valence-electron chi connectivity index (χ2n) is 7.36. The fraction of sp³-hybridized carbons (Fsp3) is 0.391. The van der Waals surface area contributed by atoms with Crippen molar-refractivity contribution in [1.82, 2.24) is 10.3 Å². The molecule has 3 rings (SSSR count). The van der Waals surface area contributed by atoms with E-state index in [4.69, 9.17) is 9.47 Å². The number of nitro benzene ring substituents is 1. The minimum atomic E-state index is -0.987. The Hall–Kier alpha value is -3.12. The standard InChI is InChI=1S/C23H25BrN4O6S/c1-4-13(22(29)33-5-2)16-12-35-21(26-16)20-25-15(11-24)18(23(30)34-6-3)19(27-20)14-9-7-8-10-17(14)28(31)32/h7-10,12-13,19H,4-6,11H2,1-3H3,(H,25,27). The molecule has 1 aliphatic rings. The lowest BCUT2D eigenvalue weighted by Crippen LogP contribution is -2.34. The third-order valence-corrected chi connectivity index (χ3v) is 6.67. The second-order valence-corrected chi connectivity index (χ2v) is 8.78. The van der Waals surface area contributed by atoms with Crippen LogP contribution in [0.3, 0.4) is 0 Å². The maximum absolute atomic E-state index is 12.9. The first-order valence-electron chi connectivity index (χ1n) is 11.0. The molecule has 0 bridgehead atoms. The molecule has 186 valence electrons. The van der Waals surface area contributed by atoms with Crippen molar-refractivity contribution in [3.8, 4) is 0 Å². The minimum Gasteiger partial charge on any atom is -0.465 e. The van der Waals surface area contributed by atoms with Crippen molar-refractivity contribution in [2.24, 2.45) is 4.99 Å². The lowest BCUT2D eigenvalue weighted by Gasteiger charge is -2.26. The highest BCUT2D eigenvalue weighted by Crippen LogP contribution is 2.38. The van der Waals surface area contributed by atoms with Crippen LogP contribution in [0.4, 0.5) is 5.69 Å². The molecule has 0 saturated heterocycles. The number of amidine groups is 1. The predicted octanol–water partition coefficient (Wildman–Crippen LogP) is 4.41. The number of carbonyl (C=O) groups excluding carboxylic acids is 2. The number of thiazole rings is 1. The zero-order valence-electron chi connectivity index (χ0n) is 19.4. The molecule has 2 atom stereocenters. The van der Waals surface area contributed by atoms with Crippen molar-refractivity contribution in [1.29, 1.82) is 0 Å². The predicted molar refractivity (Wildman–Crippen MR) is 135 cm³/mol. The van der Waals surface area contributed by atoms with Crippen molar-refractivity contribution in [2.75, 3.05) is 18.5 Å². The third-order valence-electron chi connectivity index (χ3n) is 5.24. The highest BCUT2D eigenvalue weighted by Gasteiger charge is 2.36. The number of nitrogens with zero attached hydrogens (tertiary/aromatic N) is 3. The van der Waals surface area contributed by atoms with Gasteiger partial charge in [-0.25, -0.2) is 9.78 Å². The van der Waals surface area contributed by atoms with Crippen LogP contribution in [0.5, 0.6) is 0 Å². The van der Waals surface area contributed by atoms with Crippen LogP contribution >= 0.6 is 27.3 Å². The van der Waals surface area contributed by atoms with Gasteiger partial charge in [0.2, 0.25) is 0 Å². The average molecular weight is 565 g/mol. The molecular weight excluding hydrogens is 540 g/mol. The Labute approximate surface area is 214 Å². The Balaban J connectivity index is 2.11. The van der Waals surface area contributed by atoms with E-state index in [1.165, 1.54) is 17.4 Å². The van der Waals surface area contributed by atoms with Gasteiger partial charge in [0.15, 0.2) is 10.8 Å². The van der Waals surface area contributed by atoms with Crippen LogP contribution in [0.15, 0.2) is 45.9 Å². The van der Waals surface area contributed by atoms with Gasteiger partial charge >= 0.3 is 11.9 Å². The van der Waals surface area contributed by atoms with Crippen LogP contribution in [0.25, 0.3) is 0 Å². The average Bonchev–Trinajstić information content (AvgIpc) is 3.33. The summed E-state index contributed by atoms with van der Waals surface area (Å²) in [6.45, 7) is 5.71. The molecule has 0 saturated carbocycles. The summed E-state index contributed by atoms with van der Waals surface area (Å²) in [5, 5.41) is 17.4. The smallest absolute Gasteiger partial charge is 0.338 e. The van der Waals surface area contributed by atoms with Gasteiger partial charge < -0.3 is 14.8 Å². The number of aliphatic imine (C=N–C) groups is 1. The van der Waals surface area contributed by atoms with Crippen LogP contribution < -0.4 is 5.32 Å². The van der Waals surface area contributed by atoms with E-state index in [-0.39, 0.29) is 41.3 Å². The van der Waals surface area contributed by atoms with Crippen LogP contribution in [0, 0.1) is 10.1 Å². The molecule has 0 radical (unpaired) electrons. The van der Waals surface area contributed by atoms with Gasteiger partial charge in [-0.3, -0.25) is 19.9 Å². The molecule has 0 fully saturated rings. The van der Waals surface area contributed by atoms with Crippen LogP contribution in [-0.2, 0) is 19.1 Å². The number of alkyl halides is 1. The highest BCUT2D eigenvalue weighted by atomic mass is 79.9. The van der Waals surface area contributed by atoms with E-state index < -0.39 is 22.9 Å². The van der Waals surface area contributed by atoms with Crippen molar-refractivity contribution in [3.05, 3.63) is 67.3 Å². The van der Waals surface area contributed by atoms with E-state index in [1.807, 2.05) is 6.92 Å². The maximum atomic E-state index is 12.9. The number of nitrogens with one attached hydrogen (secondary N) is 1. The van der Waals surface area contributed by atoms with E-state index in [9.17, 15) is 19.7 Å². The van der Waals surface area contributed by atoms with E-state index in [0.717, 1.165) is 0 Å². The summed E-state index contributed by atoms with van der Waals surface area (Å²) in [6, 6.07) is 5.17. The van der Waals surface area contributed by atoms with Crippen LogP contribution in [0.1, 0.15) is 55.4 Å². The summed E-state index contributed by atoms with van der Waals surface area (Å²) in [7, 11) is 0. The molecule has 1 N–H and O–H groups in total. The van der Waals surface area contributed by atoms with Crippen molar-refractivity contribution in [3.63, 3.8) is 0 Å². The minimum absolute atomic E-state index is 0.139. The number of esters is 2. The SMILES string of the molecule is CCOC(=O)C1=C(CBr)NC(c2nc(C(CC)C(=O)OCC)cs2)=NC1c1ccccc1[N+](=O)[O-]. The lowest BCUT2D eigenvalue weighted by molar-refractivity contribution is -0.385. The van der Waals surface area contributed by atoms with Gasteiger partial charge in [0, 0.05) is 22.5 Å². The second kappa shape index (κ2) is 12.0. The Kier molecular flexibility index (Phi) is 9.10. The van der Waals surface area contributed by atoms with Crippen LogP contribution in [-0.4, -0.2) is 46.2 Å². The Morgan fingerprint density at radius 3 is 2.57 bits per heavy atom. The zero-order chi connectivity index (χ0) is 25.5. The molecule has 2 unspecified atom stereocenters. The summed E-state index contributed by atoms with van der Waals surface area (Å²) in [5.74, 6) is -1.15. The number of rotatable bonds is 10. The number of halogens is 1. The molecule has 1 aliphatic heterocycles.